The van der Waals surface area contributed by atoms with Crippen molar-refractivity contribution >= 4 is 140 Å². The quantitative estimate of drug-likeness (QED) is 0.0878. The summed E-state index contributed by atoms with van der Waals surface area (Å²) >= 11 is 19.0. The van der Waals surface area contributed by atoms with Crippen LogP contribution in [-0.4, -0.2) is 139 Å². The van der Waals surface area contributed by atoms with Crippen molar-refractivity contribution in [2.24, 2.45) is 0 Å². The number of hydrogen-bond donors (Lipinski definition) is 6. The molecule has 9 N–H and O–H groups in total. The maximum atomic E-state index is 14.7. The molecule has 0 amide bonds. The van der Waals surface area contributed by atoms with E-state index in [9.17, 15) is 98.9 Å². The number of carboxylic acids is 3. The summed E-state index contributed by atoms with van der Waals surface area (Å²) < 4.78 is 131. The van der Waals surface area contributed by atoms with Crippen LogP contribution in [0.3, 0.4) is 0 Å². The summed E-state index contributed by atoms with van der Waals surface area (Å²) in [5.41, 5.74) is 8.71. The van der Waals surface area contributed by atoms with Crippen LogP contribution in [0.25, 0.3) is 50.2 Å². The third-order valence-corrected chi connectivity index (χ3v) is 15.2. The molecule has 0 atom stereocenters. The summed E-state index contributed by atoms with van der Waals surface area (Å²) in [7, 11) is 0. The number of anilines is 6. The number of carboxylic acid groups (broad SMARTS) is 3. The van der Waals surface area contributed by atoms with E-state index in [1.807, 2.05) is 0 Å². The van der Waals surface area contributed by atoms with Crippen molar-refractivity contribution < 1.29 is 84.5 Å². The summed E-state index contributed by atoms with van der Waals surface area (Å²) in [6.07, 6.45) is -0.0522. The minimum atomic E-state index is -1.90. The Kier molecular flexibility index (Phi) is 18.0. The molecule has 3 aromatic carbocycles. The number of aromatic carboxylic acids is 3. The minimum absolute atomic E-state index is 0. The van der Waals surface area contributed by atoms with E-state index in [2.05, 4.69) is 15.0 Å². The van der Waals surface area contributed by atoms with Crippen LogP contribution in [0.5, 0.6) is 0 Å². The van der Waals surface area contributed by atoms with E-state index in [1.54, 1.807) is 0 Å². The number of halogens is 12. The van der Waals surface area contributed by atoms with Gasteiger partial charge in [-0.1, -0.05) is 34.8 Å². The molecule has 0 spiro atoms. The van der Waals surface area contributed by atoms with Crippen LogP contribution in [0.1, 0.15) is 31.1 Å². The maximum Gasteiger partial charge on any atom is 3.00 e. The summed E-state index contributed by atoms with van der Waals surface area (Å²) in [6.45, 7) is 0.331. The number of aliphatic hydroxyl groups is 3. The molecule has 3 saturated heterocycles. The Morgan fingerprint density at radius 3 is 0.835 bits per heavy atom. The molecule has 3 fully saturated rings. The van der Waals surface area contributed by atoms with E-state index in [0.717, 1.165) is 31.9 Å². The van der Waals surface area contributed by atoms with Crippen LogP contribution >= 0.6 is 34.8 Å². The van der Waals surface area contributed by atoms with E-state index in [1.165, 1.54) is 14.7 Å². The molecular formula is C54H33Cl3F9GaN12O12. The predicted molar refractivity (Wildman–Crippen MR) is 303 cm³/mol. The van der Waals surface area contributed by atoms with E-state index in [-0.39, 0.29) is 108 Å². The van der Waals surface area contributed by atoms with E-state index >= 15 is 0 Å². The van der Waals surface area contributed by atoms with Crippen molar-refractivity contribution in [1.29, 1.82) is 0 Å². The number of rotatable bonds is 9. The normalized spacial score (nSPS) is 14.1. The average Bonchev–Trinajstić information content (AvgIpc) is 0.755. The molecule has 0 aliphatic carbocycles. The van der Waals surface area contributed by atoms with Crippen LogP contribution in [0, 0.1) is 52.4 Å². The summed E-state index contributed by atoms with van der Waals surface area (Å²) in [6, 6.07) is 3.51. The Morgan fingerprint density at radius 2 is 0.637 bits per heavy atom. The number of aromatic nitrogens is 6. The number of carbonyl (C=O) groups excluding carboxylic acids is 3. The first-order chi connectivity index (χ1) is 42.3. The second kappa shape index (κ2) is 24.8. The smallest absolute Gasteiger partial charge is 0.545 e. The summed E-state index contributed by atoms with van der Waals surface area (Å²) in [4.78, 5) is 86.8. The predicted octanol–water partition coefficient (Wildman–Crippen LogP) is 1.37. The largest absolute Gasteiger partial charge is 3.00 e. The van der Waals surface area contributed by atoms with Crippen molar-refractivity contribution in [2.45, 2.75) is 18.3 Å². The molecule has 12 rings (SSSR count). The molecule has 0 radical (unpaired) electrons. The molecule has 3 aliphatic rings. The molecular weight excluding hydrogens is 1360 g/mol. The topological polar surface area (TPSA) is 374 Å². The molecule has 0 unspecified atom stereocenters. The number of fused-ring (bicyclic) bond motifs is 3. The number of β-amino-alcohol motifs (C(OH)–C–C–N with tert-alkyl or cyclic N) is 3. The van der Waals surface area contributed by atoms with Crippen LogP contribution in [0.2, 0.25) is 15.1 Å². The number of benzene rings is 3. The van der Waals surface area contributed by atoms with Gasteiger partial charge in [-0.2, -0.15) is 0 Å². The number of carbonyl (C=O) groups is 3. The van der Waals surface area contributed by atoms with Gasteiger partial charge in [0.15, 0.2) is 86.1 Å². The number of nitrogen functional groups attached to an aromatic ring is 3. The Bertz CT molecular complexity index is 4350. The van der Waals surface area contributed by atoms with Gasteiger partial charge in [-0.05, 0) is 18.2 Å². The molecule has 0 saturated carbocycles. The number of aliphatic hydroxyl groups excluding tert-OH is 3. The summed E-state index contributed by atoms with van der Waals surface area (Å²) in [5, 5.41) is 60.2. The first kappa shape index (κ1) is 66.1. The van der Waals surface area contributed by atoms with Gasteiger partial charge in [0.25, 0.3) is 0 Å². The van der Waals surface area contributed by atoms with Crippen molar-refractivity contribution in [1.82, 2.24) is 28.7 Å². The molecule has 9 aromatic rings. The average molecular weight is 1390 g/mol. The fourth-order valence-corrected chi connectivity index (χ4v) is 11.1. The number of hydrogen-bond acceptors (Lipinski definition) is 21. The Morgan fingerprint density at radius 1 is 0.418 bits per heavy atom. The zero-order valence-electron chi connectivity index (χ0n) is 45.1. The van der Waals surface area contributed by atoms with Gasteiger partial charge in [-0.3, -0.25) is 28.1 Å². The second-order valence-corrected chi connectivity index (χ2v) is 21.1. The molecule has 6 aromatic heterocycles. The van der Waals surface area contributed by atoms with Crippen LogP contribution < -0.4 is 63.5 Å². The third-order valence-electron chi connectivity index (χ3n) is 14.2. The van der Waals surface area contributed by atoms with Gasteiger partial charge in [0.2, 0.25) is 0 Å². The molecule has 24 nitrogen and oxygen atoms in total. The molecule has 37 heteroatoms. The van der Waals surface area contributed by atoms with Crippen LogP contribution in [0.4, 0.5) is 74.0 Å². The number of nitrogens with zero attached hydrogens (tertiary/aromatic N) is 9. The van der Waals surface area contributed by atoms with Crippen molar-refractivity contribution in [3.8, 4) is 17.5 Å². The van der Waals surface area contributed by atoms with Gasteiger partial charge in [0.05, 0.1) is 118 Å². The third kappa shape index (κ3) is 11.7. The standard InChI is InChI=1S/3C18H12ClF3N4O4.Ga/c3*19-12-13-7(1-9(20)14(12)25-3-6(27)4-25)15(28)8(18(29)30)5-26(13)17-11(22)2-10(21)16(23)24-17;/h3*1-2,5-6,27H,3-4H2,(H2,23,24)(H,29,30);/q;;;+3/p-3. The first-order valence-electron chi connectivity index (χ1n) is 25.3. The van der Waals surface area contributed by atoms with E-state index < -0.39 is 173 Å². The van der Waals surface area contributed by atoms with E-state index in [0.29, 0.717) is 36.8 Å². The fourth-order valence-electron chi connectivity index (χ4n) is 9.85. The Hall–Kier alpha value is -9.29. The fraction of sp³-hybridized carbons (Fsp3) is 0.167. The van der Waals surface area contributed by atoms with Gasteiger partial charge in [-0.15, -0.1) is 0 Å². The van der Waals surface area contributed by atoms with Gasteiger partial charge < -0.3 is 76.9 Å². The molecule has 0 bridgehead atoms. The molecule has 9 heterocycles. The Labute approximate surface area is 527 Å². The SMILES string of the molecule is Nc1nc(-n2cc(C(=O)[O-])c(=O)c3cc(F)c(N4CC(O)C4)c(Cl)c32)c(F)cc1F.Nc1nc(-n2cc(C(=O)[O-])c(=O)c3cc(F)c(N4CC(O)C4)c(Cl)c32)c(F)cc1F.Nc1nc(-n2cc(C(=O)[O-])c(=O)c3cc(F)c(N4CC(O)C4)c(Cl)c32)c(F)cc1F.[Ga+3]. The molecule has 468 valence electrons. The van der Waals surface area contributed by atoms with Gasteiger partial charge in [0.1, 0.15) is 17.5 Å². The zero-order chi connectivity index (χ0) is 65.7. The number of nitrogens with two attached hydrogens (primary N) is 3. The zero-order valence-corrected chi connectivity index (χ0v) is 49.7. The van der Waals surface area contributed by atoms with Gasteiger partial charge in [-0.25, -0.2) is 54.5 Å². The maximum absolute atomic E-state index is 14.7. The molecule has 3 aliphatic heterocycles. The van der Waals surface area contributed by atoms with Gasteiger partial charge >= 0.3 is 19.8 Å². The van der Waals surface area contributed by atoms with Crippen LogP contribution in [0.15, 0.2) is 69.4 Å². The summed E-state index contributed by atoms with van der Waals surface area (Å²) in [5.74, 6) is -19.8. The monoisotopic (exact) mass is 1390 g/mol. The number of pyridine rings is 6. The van der Waals surface area contributed by atoms with Crippen molar-refractivity contribution in [2.75, 3.05) is 71.2 Å². The van der Waals surface area contributed by atoms with Crippen LogP contribution in [-0.2, 0) is 0 Å². The minimum Gasteiger partial charge on any atom is -0.545 e. The van der Waals surface area contributed by atoms with Gasteiger partial charge in [0, 0.05) is 76.1 Å². The van der Waals surface area contributed by atoms with Crippen molar-refractivity contribution in [3.05, 3.63) is 170 Å². The molecule has 91 heavy (non-hydrogen) atoms. The Balaban J connectivity index is 0.000000161. The van der Waals surface area contributed by atoms with Crippen molar-refractivity contribution in [3.63, 3.8) is 0 Å². The second-order valence-electron chi connectivity index (χ2n) is 20.0. The van der Waals surface area contributed by atoms with E-state index in [4.69, 9.17) is 52.0 Å². The first-order valence-corrected chi connectivity index (χ1v) is 26.4.